The summed E-state index contributed by atoms with van der Waals surface area (Å²) in [5.74, 6) is -0.836. The molecule has 0 aliphatic heterocycles. The Balaban J connectivity index is 3.85. The Kier molecular flexibility index (Phi) is 64.6. The molecule has 2 unspecified atom stereocenters. The normalized spacial score (nSPS) is 13.7. The van der Waals surface area contributed by atoms with E-state index in [2.05, 4.69) is 135 Å². The highest BCUT2D eigenvalue weighted by atomic mass is 31.2. The fourth-order valence-electron chi connectivity index (χ4n) is 9.40. The van der Waals surface area contributed by atoms with E-state index >= 15 is 0 Å². The smallest absolute Gasteiger partial charge is 0.462 e. The number of carbonyl (C=O) groups excluding carboxylic acids is 2. The second kappa shape index (κ2) is 67.5. The third-order valence-electron chi connectivity index (χ3n) is 14.3. The first-order chi connectivity index (χ1) is 40.8. The maximum Gasteiger partial charge on any atom is 0.472 e. The van der Waals surface area contributed by atoms with E-state index in [0.717, 1.165) is 116 Å². The quantitative estimate of drug-likeness (QED) is 0.0264. The molecule has 10 heteroatoms. The van der Waals surface area contributed by atoms with Crippen LogP contribution in [0.3, 0.4) is 0 Å². The van der Waals surface area contributed by atoms with Crippen LogP contribution in [0.15, 0.2) is 122 Å². The minimum Gasteiger partial charge on any atom is -0.462 e. The highest BCUT2D eigenvalue weighted by molar-refractivity contribution is 7.47. The molecule has 2 atom stereocenters. The second-order valence-electron chi connectivity index (χ2n) is 22.3. The Bertz CT molecular complexity index is 1770. The van der Waals surface area contributed by atoms with Crippen LogP contribution in [0.4, 0.5) is 0 Å². The lowest BCUT2D eigenvalue weighted by Crippen LogP contribution is -2.29. The minimum atomic E-state index is -4.40. The molecule has 0 heterocycles. The van der Waals surface area contributed by atoms with Crippen molar-refractivity contribution in [2.45, 2.75) is 302 Å². The fraction of sp³-hybridized carbons (Fsp3) is 0.699. The van der Waals surface area contributed by atoms with Crippen LogP contribution < -0.4 is 5.73 Å². The Morgan fingerprint density at radius 2 is 0.627 bits per heavy atom. The molecule has 0 aromatic carbocycles. The van der Waals surface area contributed by atoms with Gasteiger partial charge in [0.2, 0.25) is 0 Å². The molecule has 476 valence electrons. The van der Waals surface area contributed by atoms with Crippen molar-refractivity contribution in [1.29, 1.82) is 0 Å². The van der Waals surface area contributed by atoms with Gasteiger partial charge in [0.1, 0.15) is 6.61 Å². The lowest BCUT2D eigenvalue weighted by molar-refractivity contribution is -0.161. The molecule has 0 bridgehead atoms. The van der Waals surface area contributed by atoms with Gasteiger partial charge in [-0.25, -0.2) is 4.57 Å². The Morgan fingerprint density at radius 1 is 0.361 bits per heavy atom. The number of hydrogen-bond donors (Lipinski definition) is 2. The molecule has 0 aliphatic rings. The second-order valence-corrected chi connectivity index (χ2v) is 23.7. The van der Waals surface area contributed by atoms with E-state index in [-0.39, 0.29) is 32.6 Å². The summed E-state index contributed by atoms with van der Waals surface area (Å²) in [4.78, 5) is 35.3. The van der Waals surface area contributed by atoms with Gasteiger partial charge in [-0.05, 0) is 103 Å². The van der Waals surface area contributed by atoms with Crippen LogP contribution in [0.1, 0.15) is 296 Å². The van der Waals surface area contributed by atoms with Gasteiger partial charge in [0, 0.05) is 19.4 Å². The predicted octanol–water partition coefficient (Wildman–Crippen LogP) is 22.3. The van der Waals surface area contributed by atoms with Crippen molar-refractivity contribution in [3.8, 4) is 0 Å². The summed E-state index contributed by atoms with van der Waals surface area (Å²) in [6, 6.07) is 0. The lowest BCUT2D eigenvalue weighted by Gasteiger charge is -2.19. The van der Waals surface area contributed by atoms with Crippen molar-refractivity contribution >= 4 is 19.8 Å². The summed E-state index contributed by atoms with van der Waals surface area (Å²) in [5, 5.41) is 0. The summed E-state index contributed by atoms with van der Waals surface area (Å²) < 4.78 is 33.1. The van der Waals surface area contributed by atoms with E-state index in [0.29, 0.717) is 6.42 Å². The molecule has 0 fully saturated rings. The molecule has 83 heavy (non-hydrogen) atoms. The average Bonchev–Trinajstić information content (AvgIpc) is 3.48. The molecule has 3 N–H and O–H groups in total. The first kappa shape index (κ1) is 79.4. The number of unbranched alkanes of at least 4 members (excludes halogenated alkanes) is 30. The van der Waals surface area contributed by atoms with Gasteiger partial charge in [-0.2, -0.15) is 0 Å². The highest BCUT2D eigenvalue weighted by Gasteiger charge is 2.26. The van der Waals surface area contributed by atoms with Crippen molar-refractivity contribution in [3.05, 3.63) is 122 Å². The zero-order valence-corrected chi connectivity index (χ0v) is 54.3. The van der Waals surface area contributed by atoms with Crippen LogP contribution in [0.25, 0.3) is 0 Å². The van der Waals surface area contributed by atoms with E-state index in [1.807, 2.05) is 0 Å². The van der Waals surface area contributed by atoms with Crippen LogP contribution in [0.5, 0.6) is 0 Å². The van der Waals surface area contributed by atoms with Gasteiger partial charge in [0.25, 0.3) is 0 Å². The predicted molar refractivity (Wildman–Crippen MR) is 358 cm³/mol. The highest BCUT2D eigenvalue weighted by Crippen LogP contribution is 2.43. The van der Waals surface area contributed by atoms with Crippen molar-refractivity contribution in [3.63, 3.8) is 0 Å². The molecule has 0 amide bonds. The van der Waals surface area contributed by atoms with Crippen molar-refractivity contribution in [1.82, 2.24) is 0 Å². The van der Waals surface area contributed by atoms with Gasteiger partial charge in [0.05, 0.1) is 13.2 Å². The number of nitrogens with two attached hydrogens (primary N) is 1. The minimum absolute atomic E-state index is 0.0481. The molecular weight excluding hydrogens is 1050 g/mol. The molecular formula is C73H126NO8P. The average molecular weight is 1180 g/mol. The monoisotopic (exact) mass is 1180 g/mol. The van der Waals surface area contributed by atoms with Crippen molar-refractivity contribution in [2.24, 2.45) is 5.73 Å². The number of ether oxygens (including phenoxy) is 2. The van der Waals surface area contributed by atoms with Gasteiger partial charge in [-0.3, -0.25) is 18.6 Å². The largest absolute Gasteiger partial charge is 0.472 e. The number of esters is 2. The van der Waals surface area contributed by atoms with E-state index < -0.39 is 32.5 Å². The van der Waals surface area contributed by atoms with E-state index in [4.69, 9.17) is 24.3 Å². The van der Waals surface area contributed by atoms with Crippen molar-refractivity contribution < 1.29 is 37.6 Å². The van der Waals surface area contributed by atoms with Gasteiger partial charge in [-0.1, -0.05) is 302 Å². The third-order valence-corrected chi connectivity index (χ3v) is 15.3. The fourth-order valence-corrected chi connectivity index (χ4v) is 10.2. The maximum absolute atomic E-state index is 12.8. The topological polar surface area (TPSA) is 134 Å². The van der Waals surface area contributed by atoms with Crippen LogP contribution in [0, 0.1) is 0 Å². The number of phosphoric ester groups is 1. The Labute approximate surface area is 511 Å². The van der Waals surface area contributed by atoms with Gasteiger partial charge >= 0.3 is 19.8 Å². The number of rotatable bonds is 63. The molecule has 0 radical (unpaired) electrons. The molecule has 0 spiro atoms. The number of hydrogen-bond acceptors (Lipinski definition) is 8. The Hall–Kier alpha value is -3.59. The van der Waals surface area contributed by atoms with Crippen LogP contribution in [-0.2, 0) is 32.7 Å². The first-order valence-electron chi connectivity index (χ1n) is 34.0. The standard InChI is InChI=1S/C73H126NO8P/c1-3-5-7-9-11-13-15-17-19-21-23-25-27-28-29-30-31-32-33-34-35-36-37-38-39-40-41-42-44-46-48-50-52-54-56-58-60-62-64-66-73(76)82-71(70-81-83(77,78)80-68-67-74)69-79-72(75)65-63-61-59-57-55-53-51-49-47-45-43-26-24-22-20-18-16-14-12-10-8-6-4-2/h5-8,11-14,17-20,23-26,28-29,45,47,71H,3-4,9-10,15-16,21-22,27,30-44,46,48-70,74H2,1-2H3,(H,77,78)/b7-5-,8-6-,13-11-,14-12-,19-17-,20-18-,25-23-,26-24-,29-28-,47-45-. The summed E-state index contributed by atoms with van der Waals surface area (Å²) in [6.07, 6.45) is 94.3. The first-order valence-corrected chi connectivity index (χ1v) is 35.5. The number of phosphoric acid groups is 1. The van der Waals surface area contributed by atoms with Gasteiger partial charge in [0.15, 0.2) is 6.10 Å². The molecule has 9 nitrogen and oxygen atoms in total. The molecule has 0 rings (SSSR count). The molecule has 0 aromatic heterocycles. The van der Waals surface area contributed by atoms with Crippen LogP contribution in [-0.4, -0.2) is 49.3 Å². The number of allylic oxidation sites excluding steroid dienone is 20. The van der Waals surface area contributed by atoms with Gasteiger partial charge in [-0.15, -0.1) is 0 Å². The van der Waals surface area contributed by atoms with Crippen LogP contribution >= 0.6 is 7.82 Å². The van der Waals surface area contributed by atoms with Crippen LogP contribution in [0.2, 0.25) is 0 Å². The molecule has 0 saturated heterocycles. The maximum atomic E-state index is 12.8. The van der Waals surface area contributed by atoms with E-state index in [1.165, 1.54) is 148 Å². The molecule has 0 aromatic rings. The summed E-state index contributed by atoms with van der Waals surface area (Å²) >= 11 is 0. The molecule has 0 aliphatic carbocycles. The Morgan fingerprint density at radius 3 is 0.928 bits per heavy atom. The third kappa shape index (κ3) is 67.4. The van der Waals surface area contributed by atoms with E-state index in [1.54, 1.807) is 0 Å². The van der Waals surface area contributed by atoms with E-state index in [9.17, 15) is 19.0 Å². The SMILES string of the molecule is CC/C=C\C/C=C\C/C=C\C/C=C\C/C=C\CCCCCCCCCCCCCCCCCCCCCCCCCC(=O)OC(COC(=O)CCCCCCCCC/C=C\C/C=C\C/C=C\C/C=C\C/C=C\CC)COP(=O)(O)OCCN. The van der Waals surface area contributed by atoms with Crippen molar-refractivity contribution in [2.75, 3.05) is 26.4 Å². The zero-order chi connectivity index (χ0) is 60.1. The van der Waals surface area contributed by atoms with Gasteiger partial charge < -0.3 is 20.1 Å². The molecule has 0 saturated carbocycles. The summed E-state index contributed by atoms with van der Waals surface area (Å²) in [7, 11) is -4.40. The lowest BCUT2D eigenvalue weighted by atomic mass is 10.0. The summed E-state index contributed by atoms with van der Waals surface area (Å²) in [6.45, 7) is 3.52. The summed E-state index contributed by atoms with van der Waals surface area (Å²) in [5.41, 5.74) is 5.40. The zero-order valence-electron chi connectivity index (χ0n) is 53.4. The number of carbonyl (C=O) groups is 2.